The second-order valence-corrected chi connectivity index (χ2v) is 14.8. The zero-order chi connectivity index (χ0) is 26.1. The van der Waals surface area contributed by atoms with Crippen LogP contribution in [0.3, 0.4) is 0 Å². The first-order valence-corrected chi connectivity index (χ1v) is 15.4. The van der Waals surface area contributed by atoms with Gasteiger partial charge in [-0.05, 0) is 86.8 Å². The van der Waals surface area contributed by atoms with Crippen LogP contribution in [0.2, 0.25) is 0 Å². The Hall–Kier alpha value is -2.12. The molecule has 3 aliphatic rings. The van der Waals surface area contributed by atoms with Gasteiger partial charge in [-0.3, -0.25) is 14.2 Å². The minimum atomic E-state index is 0.0117. The second kappa shape index (κ2) is 8.98. The van der Waals surface area contributed by atoms with E-state index < -0.39 is 0 Å². The van der Waals surface area contributed by atoms with E-state index in [0.717, 1.165) is 65.7 Å². The number of aryl methyl sites for hydroxylation is 4. The van der Waals surface area contributed by atoms with Crippen LogP contribution < -0.4 is 5.56 Å². The summed E-state index contributed by atoms with van der Waals surface area (Å²) in [6, 6.07) is 6.51. The lowest BCUT2D eigenvalue weighted by atomic mass is 9.65. The minimum Gasteiger partial charge on any atom is -0.338 e. The van der Waals surface area contributed by atoms with Crippen molar-refractivity contribution in [2.75, 3.05) is 12.3 Å². The molecule has 2 bridgehead atoms. The first-order chi connectivity index (χ1) is 17.5. The summed E-state index contributed by atoms with van der Waals surface area (Å²) in [6.07, 6.45) is 7.62. The molecule has 0 radical (unpaired) electrons. The topological polar surface area (TPSA) is 55.2 Å². The smallest absolute Gasteiger partial charge is 0.267 e. The maximum Gasteiger partial charge on any atom is 0.267 e. The van der Waals surface area contributed by atoms with Crippen LogP contribution in [-0.4, -0.2) is 38.7 Å². The number of benzene rings is 1. The van der Waals surface area contributed by atoms with Crippen LogP contribution in [0.1, 0.15) is 74.4 Å². The molecule has 0 N–H and O–H groups in total. The van der Waals surface area contributed by atoms with Crippen molar-refractivity contribution >= 4 is 39.2 Å². The van der Waals surface area contributed by atoms with Gasteiger partial charge < -0.3 is 4.90 Å². The lowest BCUT2D eigenvalue weighted by molar-refractivity contribution is -0.129. The third-order valence-corrected chi connectivity index (χ3v) is 10.7. The Kier molecular flexibility index (Phi) is 6.11. The molecule has 1 aromatic carbocycles. The molecule has 0 unspecified atom stereocenters. The van der Waals surface area contributed by atoms with E-state index in [4.69, 9.17) is 4.98 Å². The number of carbonyl (C=O) groups is 1. The second-order valence-electron chi connectivity index (χ2n) is 12.7. The van der Waals surface area contributed by atoms with Gasteiger partial charge in [0.1, 0.15) is 4.83 Å². The van der Waals surface area contributed by atoms with Crippen molar-refractivity contribution in [2.45, 2.75) is 90.8 Å². The van der Waals surface area contributed by atoms with Crippen molar-refractivity contribution < 1.29 is 4.79 Å². The lowest BCUT2D eigenvalue weighted by Crippen LogP contribution is -2.38. The lowest BCUT2D eigenvalue weighted by Gasteiger charge is -2.39. The predicted octanol–water partition coefficient (Wildman–Crippen LogP) is 6.46. The number of amides is 1. The fraction of sp³-hybridized carbons (Fsp3) is 0.567. The van der Waals surface area contributed by atoms with Gasteiger partial charge in [0.25, 0.3) is 5.56 Å². The van der Waals surface area contributed by atoms with E-state index in [1.807, 2.05) is 6.07 Å². The average molecular weight is 536 g/mol. The Morgan fingerprint density at radius 3 is 2.73 bits per heavy atom. The van der Waals surface area contributed by atoms with E-state index in [2.05, 4.69) is 51.7 Å². The number of hydrogen-bond acceptors (Lipinski definition) is 5. The molecule has 3 aromatic rings. The Bertz CT molecular complexity index is 1470. The normalized spacial score (nSPS) is 24.5. The molecule has 2 atom stereocenters. The van der Waals surface area contributed by atoms with E-state index in [1.165, 1.54) is 35.0 Å². The first-order valence-electron chi connectivity index (χ1n) is 13.6. The van der Waals surface area contributed by atoms with Crippen LogP contribution in [0.5, 0.6) is 0 Å². The van der Waals surface area contributed by atoms with Gasteiger partial charge in [-0.1, -0.05) is 50.2 Å². The van der Waals surface area contributed by atoms with Crippen molar-refractivity contribution in [1.82, 2.24) is 14.5 Å². The summed E-state index contributed by atoms with van der Waals surface area (Å²) in [5.74, 6) is 0.476. The van der Waals surface area contributed by atoms with E-state index in [9.17, 15) is 9.59 Å². The number of thioether (sulfide) groups is 1. The molecule has 3 heterocycles. The summed E-state index contributed by atoms with van der Waals surface area (Å²) in [4.78, 5) is 37.0. The molecule has 1 saturated heterocycles. The van der Waals surface area contributed by atoms with E-state index in [1.54, 1.807) is 15.9 Å². The van der Waals surface area contributed by atoms with Gasteiger partial charge in [-0.15, -0.1) is 11.3 Å². The number of fused-ring (bicyclic) bond motifs is 5. The zero-order valence-electron chi connectivity index (χ0n) is 22.6. The average Bonchev–Trinajstić information content (AvgIpc) is 3.31. The van der Waals surface area contributed by atoms with Gasteiger partial charge in [-0.25, -0.2) is 4.98 Å². The third kappa shape index (κ3) is 4.46. The molecule has 5 nitrogen and oxygen atoms in total. The molecule has 2 aliphatic carbocycles. The van der Waals surface area contributed by atoms with Gasteiger partial charge in [0, 0.05) is 17.5 Å². The quantitative estimate of drug-likeness (QED) is 0.284. The summed E-state index contributed by atoms with van der Waals surface area (Å²) in [5, 5.41) is 1.42. The predicted molar refractivity (Wildman–Crippen MR) is 153 cm³/mol. The van der Waals surface area contributed by atoms with E-state index in [-0.39, 0.29) is 22.3 Å². The summed E-state index contributed by atoms with van der Waals surface area (Å²) in [6.45, 7) is 12.0. The van der Waals surface area contributed by atoms with Crippen LogP contribution in [0.15, 0.2) is 28.2 Å². The molecule has 6 rings (SSSR count). The molecular weight excluding hydrogens is 498 g/mol. The highest BCUT2D eigenvalue weighted by Gasteiger charge is 2.50. The van der Waals surface area contributed by atoms with Crippen molar-refractivity contribution in [1.29, 1.82) is 0 Å². The van der Waals surface area contributed by atoms with Crippen molar-refractivity contribution in [3.8, 4) is 5.69 Å². The molecule has 2 fully saturated rings. The molecule has 1 aliphatic heterocycles. The van der Waals surface area contributed by atoms with Gasteiger partial charge in [0.2, 0.25) is 5.91 Å². The summed E-state index contributed by atoms with van der Waals surface area (Å²) in [7, 11) is 0. The number of likely N-dealkylation sites (tertiary alicyclic amines) is 1. The molecule has 7 heteroatoms. The van der Waals surface area contributed by atoms with Gasteiger partial charge in [0.05, 0.1) is 16.8 Å². The maximum atomic E-state index is 14.1. The molecule has 196 valence electrons. The van der Waals surface area contributed by atoms with Crippen LogP contribution in [0.4, 0.5) is 0 Å². The van der Waals surface area contributed by atoms with Gasteiger partial charge in [-0.2, -0.15) is 0 Å². The number of aromatic nitrogens is 2. The van der Waals surface area contributed by atoms with E-state index >= 15 is 0 Å². The van der Waals surface area contributed by atoms with Crippen molar-refractivity contribution in [3.05, 3.63) is 50.1 Å². The summed E-state index contributed by atoms with van der Waals surface area (Å²) < 4.78 is 1.78. The highest BCUT2D eigenvalue weighted by molar-refractivity contribution is 7.99. The van der Waals surface area contributed by atoms with Crippen LogP contribution in [0, 0.1) is 24.7 Å². The number of thiophene rings is 1. The summed E-state index contributed by atoms with van der Waals surface area (Å²) in [5.41, 5.74) is 4.77. The first kappa shape index (κ1) is 25.2. The summed E-state index contributed by atoms with van der Waals surface area (Å²) >= 11 is 3.10. The van der Waals surface area contributed by atoms with Crippen molar-refractivity contribution in [2.24, 2.45) is 10.8 Å². The molecule has 1 amide bonds. The Balaban J connectivity index is 1.37. The molecule has 37 heavy (non-hydrogen) atoms. The third-order valence-electron chi connectivity index (χ3n) is 8.61. The van der Waals surface area contributed by atoms with Crippen molar-refractivity contribution in [3.63, 3.8) is 0 Å². The number of carbonyl (C=O) groups excluding carboxylic acids is 1. The number of rotatable bonds is 4. The van der Waals surface area contributed by atoms with E-state index in [0.29, 0.717) is 17.0 Å². The molecule has 1 saturated carbocycles. The SMILES string of the molecule is Cc1ccc(-n2c(SCC(=O)N3C[C@@]4(C)C[C@H]3CC(C)(C)C4)nc3sc4c(c3c2=O)CCCC4)c(C)c1. The minimum absolute atomic E-state index is 0.0117. The number of hydrogen-bond donors (Lipinski definition) is 0. The highest BCUT2D eigenvalue weighted by Crippen LogP contribution is 2.52. The van der Waals surface area contributed by atoms with Gasteiger partial charge in [0.15, 0.2) is 5.16 Å². The Morgan fingerprint density at radius 2 is 1.95 bits per heavy atom. The monoisotopic (exact) mass is 535 g/mol. The zero-order valence-corrected chi connectivity index (χ0v) is 24.3. The standard InChI is InChI=1S/C30H37N3O2S2/c1-18-10-11-22(19(2)12-18)33-27(35)25-21-8-6-7-9-23(21)37-26(25)31-28(33)36-15-24(34)32-17-30(5)14-20(32)13-29(3,4)16-30/h10-12,20H,6-9,13-17H2,1-5H3/t20-,30+/m1/s1. The highest BCUT2D eigenvalue weighted by atomic mass is 32.2. The molecule has 0 spiro atoms. The van der Waals surface area contributed by atoms with Crippen LogP contribution in [-0.2, 0) is 17.6 Å². The fourth-order valence-electron chi connectivity index (χ4n) is 7.51. The number of nitrogens with zero attached hydrogens (tertiary/aromatic N) is 3. The largest absolute Gasteiger partial charge is 0.338 e. The van der Waals surface area contributed by atoms with Crippen LogP contribution in [0.25, 0.3) is 15.9 Å². The fourth-order valence-corrected chi connectivity index (χ4v) is 9.71. The Morgan fingerprint density at radius 1 is 1.16 bits per heavy atom. The Labute approximate surface area is 227 Å². The van der Waals surface area contributed by atoms with Gasteiger partial charge >= 0.3 is 0 Å². The molecular formula is C30H37N3O2S2. The molecule has 2 aromatic heterocycles. The maximum absolute atomic E-state index is 14.1. The van der Waals surface area contributed by atoms with Crippen LogP contribution >= 0.6 is 23.1 Å².